The summed E-state index contributed by atoms with van der Waals surface area (Å²) in [4.78, 5) is 24.4. The van der Waals surface area contributed by atoms with E-state index in [1.807, 2.05) is 0 Å². The van der Waals surface area contributed by atoms with Crippen LogP contribution in [0.1, 0.15) is 29.2 Å². The Morgan fingerprint density at radius 2 is 1.83 bits per heavy atom. The Balaban J connectivity index is 1.38. The second kappa shape index (κ2) is 8.95. The lowest BCUT2D eigenvalue weighted by Crippen LogP contribution is -2.57. The van der Waals surface area contributed by atoms with Crippen LogP contribution in [0.3, 0.4) is 0 Å². The van der Waals surface area contributed by atoms with Crippen molar-refractivity contribution < 1.29 is 22.0 Å². The van der Waals surface area contributed by atoms with E-state index in [0.29, 0.717) is 18.8 Å². The lowest BCUT2D eigenvalue weighted by Gasteiger charge is -2.38. The molecule has 13 heteroatoms. The van der Waals surface area contributed by atoms with Crippen LogP contribution in [0.5, 0.6) is 0 Å². The van der Waals surface area contributed by atoms with Crippen LogP contribution in [0, 0.1) is 0 Å². The van der Waals surface area contributed by atoms with Crippen LogP contribution in [0.2, 0.25) is 0 Å². The molecule has 2 saturated heterocycles. The molecule has 35 heavy (non-hydrogen) atoms. The van der Waals surface area contributed by atoms with Crippen molar-refractivity contribution in [1.82, 2.24) is 29.8 Å². The van der Waals surface area contributed by atoms with E-state index in [9.17, 15) is 22.0 Å². The van der Waals surface area contributed by atoms with E-state index in [4.69, 9.17) is 0 Å². The Morgan fingerprint density at radius 1 is 1.06 bits per heavy atom. The minimum absolute atomic E-state index is 0.00168. The summed E-state index contributed by atoms with van der Waals surface area (Å²) in [7, 11) is 0. The maximum absolute atomic E-state index is 13.5. The Kier molecular flexibility index (Phi) is 5.95. The Labute approximate surface area is 197 Å². The Morgan fingerprint density at radius 3 is 2.54 bits per heavy atom. The molecule has 0 spiro atoms. The average molecular weight is 492 g/mol. The zero-order valence-corrected chi connectivity index (χ0v) is 18.4. The van der Waals surface area contributed by atoms with Gasteiger partial charge in [-0.05, 0) is 25.1 Å². The molecule has 2 fully saturated rings. The largest absolute Gasteiger partial charge is 0.416 e. The van der Waals surface area contributed by atoms with Crippen molar-refractivity contribution in [1.29, 1.82) is 0 Å². The number of aromatic nitrogens is 5. The van der Waals surface area contributed by atoms with Gasteiger partial charge >= 0.3 is 6.18 Å². The first-order valence-electron chi connectivity index (χ1n) is 10.9. The second-order valence-corrected chi connectivity index (χ2v) is 8.71. The highest BCUT2D eigenvalue weighted by Gasteiger charge is 2.45. The van der Waals surface area contributed by atoms with E-state index >= 15 is 0 Å². The van der Waals surface area contributed by atoms with E-state index in [2.05, 4.69) is 35.1 Å². The number of nitrogens with zero attached hydrogens (tertiary/aromatic N) is 7. The van der Waals surface area contributed by atoms with Crippen molar-refractivity contribution in [3.05, 3.63) is 59.9 Å². The van der Waals surface area contributed by atoms with Crippen molar-refractivity contribution in [2.24, 2.45) is 0 Å². The van der Waals surface area contributed by atoms with Crippen LogP contribution < -0.4 is 10.2 Å². The molecule has 5 rings (SSSR count). The smallest absolute Gasteiger partial charge is 0.329 e. The van der Waals surface area contributed by atoms with Crippen LogP contribution in [-0.4, -0.2) is 61.9 Å². The first-order chi connectivity index (χ1) is 16.6. The lowest BCUT2D eigenvalue weighted by molar-refractivity contribution is -0.137. The third kappa shape index (κ3) is 5.45. The van der Waals surface area contributed by atoms with Gasteiger partial charge in [0.25, 0.3) is 5.92 Å². The van der Waals surface area contributed by atoms with Gasteiger partial charge in [-0.25, -0.2) is 28.7 Å². The molecule has 0 aliphatic carbocycles. The molecule has 3 aromatic heterocycles. The molecule has 0 bridgehead atoms. The second-order valence-electron chi connectivity index (χ2n) is 8.71. The normalized spacial score (nSPS) is 20.0. The number of hydrogen-bond donors (Lipinski definition) is 1. The average Bonchev–Trinajstić information content (AvgIpc) is 3.26. The van der Waals surface area contributed by atoms with Crippen molar-refractivity contribution >= 4 is 17.6 Å². The molecule has 1 unspecified atom stereocenters. The van der Waals surface area contributed by atoms with Gasteiger partial charge in [-0.1, -0.05) is 0 Å². The highest BCUT2D eigenvalue weighted by Crippen LogP contribution is 2.35. The number of likely N-dealkylation sites (tertiary alicyclic amines) is 1. The van der Waals surface area contributed by atoms with Gasteiger partial charge in [0.1, 0.15) is 18.0 Å². The minimum atomic E-state index is -4.53. The van der Waals surface area contributed by atoms with Gasteiger partial charge in [-0.3, -0.25) is 4.90 Å². The highest BCUT2D eigenvalue weighted by atomic mass is 19.4. The fourth-order valence-electron chi connectivity index (χ4n) is 4.21. The summed E-state index contributed by atoms with van der Waals surface area (Å²) in [5.74, 6) is -2.57. The van der Waals surface area contributed by atoms with Gasteiger partial charge in [0.15, 0.2) is 0 Å². The molecular weight excluding hydrogens is 471 g/mol. The fraction of sp³-hybridized carbons (Fsp3) is 0.409. The first-order valence-corrected chi connectivity index (χ1v) is 10.9. The molecule has 0 saturated carbocycles. The maximum atomic E-state index is 13.5. The van der Waals surface area contributed by atoms with E-state index in [-0.39, 0.29) is 23.5 Å². The van der Waals surface area contributed by atoms with E-state index in [1.54, 1.807) is 18.5 Å². The van der Waals surface area contributed by atoms with Crippen LogP contribution >= 0.6 is 0 Å². The first kappa shape index (κ1) is 23.3. The van der Waals surface area contributed by atoms with Crippen LogP contribution in [0.15, 0.2) is 43.1 Å². The van der Waals surface area contributed by atoms with E-state index < -0.39 is 30.8 Å². The zero-order chi connectivity index (χ0) is 24.6. The summed E-state index contributed by atoms with van der Waals surface area (Å²) < 4.78 is 66.3. The number of rotatable bonds is 6. The number of alkyl halides is 5. The van der Waals surface area contributed by atoms with Crippen molar-refractivity contribution in [3.8, 4) is 0 Å². The monoisotopic (exact) mass is 492 g/mol. The van der Waals surface area contributed by atoms with Crippen LogP contribution in [0.25, 0.3) is 0 Å². The molecule has 184 valence electrons. The molecule has 2 aliphatic rings. The lowest BCUT2D eigenvalue weighted by atomic mass is 10.0. The summed E-state index contributed by atoms with van der Waals surface area (Å²) in [6.07, 6.45) is 2.26. The molecule has 8 nitrogen and oxygen atoms in total. The zero-order valence-electron chi connectivity index (χ0n) is 18.4. The third-order valence-corrected chi connectivity index (χ3v) is 5.92. The third-order valence-electron chi connectivity index (χ3n) is 5.92. The number of hydrogen-bond acceptors (Lipinski definition) is 8. The molecule has 0 radical (unpaired) electrons. The number of nitrogens with one attached hydrogen (secondary N) is 1. The Hall–Kier alpha value is -3.48. The SMILES string of the molecule is FC1(F)CN(c2nc(Nc3cc(C(F)(F)F)ccn3)cc(C3CCN(Cc4cncnc4)C3)n2)C1. The summed E-state index contributed by atoms with van der Waals surface area (Å²) in [6, 6.07) is 3.39. The van der Waals surface area contributed by atoms with E-state index in [0.717, 1.165) is 36.9 Å². The quantitative estimate of drug-likeness (QED) is 0.520. The fourth-order valence-corrected chi connectivity index (χ4v) is 4.21. The predicted molar refractivity (Wildman–Crippen MR) is 116 cm³/mol. The molecule has 1 N–H and O–H groups in total. The van der Waals surface area contributed by atoms with Gasteiger partial charge in [-0.2, -0.15) is 18.2 Å². The van der Waals surface area contributed by atoms with Gasteiger partial charge < -0.3 is 10.2 Å². The molecular formula is C22H21F5N8. The van der Waals surface area contributed by atoms with Gasteiger partial charge in [0.05, 0.1) is 24.3 Å². The summed E-state index contributed by atoms with van der Waals surface area (Å²) in [5.41, 5.74) is 0.743. The number of halogens is 5. The van der Waals surface area contributed by atoms with Crippen LogP contribution in [-0.2, 0) is 12.7 Å². The summed E-state index contributed by atoms with van der Waals surface area (Å²) in [6.45, 7) is 1.10. The van der Waals surface area contributed by atoms with Crippen LogP contribution in [0.4, 0.5) is 39.5 Å². The number of pyridine rings is 1. The Bertz CT molecular complexity index is 1180. The molecule has 1 atom stereocenters. The maximum Gasteiger partial charge on any atom is 0.416 e. The predicted octanol–water partition coefficient (Wildman–Crippen LogP) is 3.87. The van der Waals surface area contributed by atoms with Gasteiger partial charge in [-0.15, -0.1) is 0 Å². The molecule has 5 heterocycles. The number of anilines is 3. The van der Waals surface area contributed by atoms with Gasteiger partial charge in [0, 0.05) is 49.2 Å². The highest BCUT2D eigenvalue weighted by molar-refractivity contribution is 5.56. The molecule has 0 amide bonds. The van der Waals surface area contributed by atoms with E-state index in [1.165, 1.54) is 11.2 Å². The standard InChI is InChI=1S/C22H21F5N8/c23-21(24)11-35(12-21)20-31-17(15-2-4-34(10-15)9-14-7-28-13-29-8-14)6-19(33-20)32-18-5-16(1-3-30-18)22(25,26)27/h1,3,5-8,13,15H,2,4,9-12H2,(H,30,31,32,33). The van der Waals surface area contributed by atoms with Crippen molar-refractivity contribution in [3.63, 3.8) is 0 Å². The van der Waals surface area contributed by atoms with Gasteiger partial charge in [0.2, 0.25) is 5.95 Å². The van der Waals surface area contributed by atoms with Crippen molar-refractivity contribution in [2.75, 3.05) is 36.4 Å². The summed E-state index contributed by atoms with van der Waals surface area (Å²) >= 11 is 0. The summed E-state index contributed by atoms with van der Waals surface area (Å²) in [5, 5.41) is 2.79. The molecule has 0 aromatic carbocycles. The topological polar surface area (TPSA) is 83.0 Å². The molecule has 2 aliphatic heterocycles. The molecule has 3 aromatic rings. The van der Waals surface area contributed by atoms with Crippen molar-refractivity contribution in [2.45, 2.75) is 31.0 Å². The minimum Gasteiger partial charge on any atom is -0.329 e.